The summed E-state index contributed by atoms with van der Waals surface area (Å²) >= 11 is 0. The maximum Gasteiger partial charge on any atom is 0.354 e. The van der Waals surface area contributed by atoms with Gasteiger partial charge < -0.3 is 16.6 Å². The van der Waals surface area contributed by atoms with E-state index < -0.39 is 5.69 Å². The molecule has 0 unspecified atom stereocenters. The number of rotatable bonds is 4. The van der Waals surface area contributed by atoms with Crippen LogP contribution in [0, 0.1) is 11.8 Å². The van der Waals surface area contributed by atoms with Gasteiger partial charge in [-0.3, -0.25) is 9.47 Å². The molecule has 1 saturated heterocycles. The lowest BCUT2D eigenvalue weighted by Crippen LogP contribution is -2.39. The van der Waals surface area contributed by atoms with Crippen LogP contribution in [0.1, 0.15) is 5.56 Å². The quantitative estimate of drug-likeness (QED) is 0.702. The van der Waals surface area contributed by atoms with E-state index in [1.54, 1.807) is 12.3 Å². The second-order valence-electron chi connectivity index (χ2n) is 6.67. The molecule has 1 aliphatic heterocycles. The number of benzene rings is 1. The second-order valence-corrected chi connectivity index (χ2v) is 6.67. The minimum atomic E-state index is -0.392. The van der Waals surface area contributed by atoms with Gasteiger partial charge in [-0.25, -0.2) is 4.79 Å². The lowest BCUT2D eigenvalue weighted by Gasteiger charge is -2.27. The zero-order valence-corrected chi connectivity index (χ0v) is 13.2. The van der Waals surface area contributed by atoms with Gasteiger partial charge in [0.25, 0.3) is 0 Å². The van der Waals surface area contributed by atoms with Gasteiger partial charge in [-0.15, -0.1) is 0 Å². The number of nitrogens with zero attached hydrogens (tertiary/aromatic N) is 3. The van der Waals surface area contributed by atoms with Gasteiger partial charge in [0.15, 0.2) is 0 Å². The summed E-state index contributed by atoms with van der Waals surface area (Å²) in [7, 11) is 0. The summed E-state index contributed by atoms with van der Waals surface area (Å²) in [6.07, 6.45) is 1.62. The zero-order valence-electron chi connectivity index (χ0n) is 13.2. The van der Waals surface area contributed by atoms with E-state index in [9.17, 15) is 9.90 Å². The fourth-order valence-corrected chi connectivity index (χ4v) is 3.89. The van der Waals surface area contributed by atoms with Gasteiger partial charge in [-0.05, 0) is 35.6 Å². The molecule has 7 heteroatoms. The number of piperidine rings is 1. The van der Waals surface area contributed by atoms with Gasteiger partial charge in [0.2, 0.25) is 0 Å². The van der Waals surface area contributed by atoms with Crippen LogP contribution in [0.15, 0.2) is 41.3 Å². The maximum atomic E-state index is 11.9. The largest absolute Gasteiger partial charge is 0.395 e. The molecule has 2 aromatic rings. The Kier molecular flexibility index (Phi) is 3.64. The number of fused-ring (bicyclic) bond motifs is 1. The van der Waals surface area contributed by atoms with Gasteiger partial charge in [0.05, 0.1) is 12.3 Å². The van der Waals surface area contributed by atoms with Crippen molar-refractivity contribution < 1.29 is 5.11 Å². The van der Waals surface area contributed by atoms with E-state index in [-0.39, 0.29) is 24.5 Å². The zero-order chi connectivity index (χ0) is 16.8. The molecular weight excluding hydrogens is 306 g/mol. The normalized spacial score (nSPS) is 28.8. The van der Waals surface area contributed by atoms with Crippen LogP contribution in [0.3, 0.4) is 0 Å². The molecule has 4 atom stereocenters. The van der Waals surface area contributed by atoms with E-state index in [1.165, 1.54) is 4.57 Å². The minimum Gasteiger partial charge on any atom is -0.395 e. The molecule has 0 radical (unpaired) electrons. The van der Waals surface area contributed by atoms with Crippen LogP contribution in [-0.4, -0.2) is 44.8 Å². The van der Waals surface area contributed by atoms with E-state index >= 15 is 0 Å². The first-order chi connectivity index (χ1) is 11.6. The Bertz CT molecular complexity index is 803. The molecule has 0 amide bonds. The third-order valence-corrected chi connectivity index (χ3v) is 5.26. The average Bonchev–Trinajstić information content (AvgIpc) is 3.03. The van der Waals surface area contributed by atoms with Crippen molar-refractivity contribution in [3.05, 3.63) is 52.6 Å². The molecule has 1 aromatic heterocycles. The third-order valence-electron chi connectivity index (χ3n) is 5.26. The Labute approximate surface area is 139 Å². The van der Waals surface area contributed by atoms with Crippen LogP contribution in [-0.2, 0) is 6.54 Å². The van der Waals surface area contributed by atoms with Crippen molar-refractivity contribution >= 4 is 5.82 Å². The predicted molar refractivity (Wildman–Crippen MR) is 90.5 cm³/mol. The fraction of sp³-hybridized carbons (Fsp3) is 0.412. The number of nitrogens with two attached hydrogens (primary N) is 2. The molecule has 24 heavy (non-hydrogen) atoms. The van der Waals surface area contributed by atoms with Crippen molar-refractivity contribution in [1.82, 2.24) is 14.5 Å². The van der Waals surface area contributed by atoms with E-state index in [2.05, 4.69) is 9.88 Å². The highest BCUT2D eigenvalue weighted by atomic mass is 16.3. The average molecular weight is 327 g/mol. The van der Waals surface area contributed by atoms with Gasteiger partial charge in [-0.2, -0.15) is 4.98 Å². The van der Waals surface area contributed by atoms with Crippen molar-refractivity contribution in [1.29, 1.82) is 0 Å². The maximum absolute atomic E-state index is 11.9. The molecule has 5 N–H and O–H groups in total. The minimum absolute atomic E-state index is 0.152. The molecule has 1 aliphatic carbocycles. The topological polar surface area (TPSA) is 110 Å². The first kappa shape index (κ1) is 15.3. The standard InChI is InChI=1S/C17H21N5O2/c18-14-5-6-22(17(24)20-14)11-3-1-10(2-4-11)7-21-8-12-15(16(12)19)13(21)9-23/h1-6,12-13,15-16,23H,7-9,19H2,(H2,18,20,24)/t12-,13+,15-,16+/m0/s1. The lowest BCUT2D eigenvalue weighted by molar-refractivity contribution is 0.128. The van der Waals surface area contributed by atoms with Crippen LogP contribution < -0.4 is 17.2 Å². The van der Waals surface area contributed by atoms with Crippen LogP contribution in [0.5, 0.6) is 0 Å². The Morgan fingerprint density at radius 2 is 2.00 bits per heavy atom. The van der Waals surface area contributed by atoms with Crippen molar-refractivity contribution in [2.45, 2.75) is 18.6 Å². The summed E-state index contributed by atoms with van der Waals surface area (Å²) in [5.74, 6) is 1.18. The summed E-state index contributed by atoms with van der Waals surface area (Å²) in [5, 5.41) is 9.62. The SMILES string of the molecule is Nc1ccn(-c2ccc(CN3C[C@@H]4[C@@H](N)[C@@H]4[C@H]3CO)cc2)c(=O)n1. The number of hydrogen-bond donors (Lipinski definition) is 3. The highest BCUT2D eigenvalue weighted by Gasteiger charge is 2.58. The Morgan fingerprint density at radius 3 is 2.67 bits per heavy atom. The fourth-order valence-electron chi connectivity index (χ4n) is 3.89. The van der Waals surface area contributed by atoms with Crippen LogP contribution in [0.4, 0.5) is 5.82 Å². The van der Waals surface area contributed by atoms with Gasteiger partial charge in [-0.1, -0.05) is 12.1 Å². The number of hydrogen-bond acceptors (Lipinski definition) is 6. The number of nitrogen functional groups attached to an aromatic ring is 1. The summed E-state index contributed by atoms with van der Waals surface area (Å²) < 4.78 is 1.46. The molecular formula is C17H21N5O2. The van der Waals surface area contributed by atoms with Crippen LogP contribution in [0.25, 0.3) is 5.69 Å². The van der Waals surface area contributed by atoms with E-state index in [0.29, 0.717) is 11.8 Å². The number of anilines is 1. The molecule has 2 fully saturated rings. The molecule has 2 aliphatic rings. The van der Waals surface area contributed by atoms with Crippen molar-refractivity contribution in [3.8, 4) is 5.69 Å². The monoisotopic (exact) mass is 327 g/mol. The van der Waals surface area contributed by atoms with Crippen LogP contribution in [0.2, 0.25) is 0 Å². The van der Waals surface area contributed by atoms with E-state index in [4.69, 9.17) is 11.5 Å². The number of aliphatic hydroxyl groups excluding tert-OH is 1. The second kappa shape index (κ2) is 5.70. The van der Waals surface area contributed by atoms with E-state index in [0.717, 1.165) is 24.3 Å². The Balaban J connectivity index is 1.49. The van der Waals surface area contributed by atoms with Crippen LogP contribution >= 0.6 is 0 Å². The lowest BCUT2D eigenvalue weighted by atomic mass is 10.1. The number of likely N-dealkylation sites (tertiary alicyclic amines) is 1. The highest BCUT2D eigenvalue weighted by Crippen LogP contribution is 2.48. The summed E-state index contributed by atoms with van der Waals surface area (Å²) in [4.78, 5) is 17.9. The van der Waals surface area contributed by atoms with Crippen molar-refractivity contribution in [2.24, 2.45) is 17.6 Å². The molecule has 2 heterocycles. The first-order valence-corrected chi connectivity index (χ1v) is 8.13. The molecule has 7 nitrogen and oxygen atoms in total. The van der Waals surface area contributed by atoms with Gasteiger partial charge >= 0.3 is 5.69 Å². The van der Waals surface area contributed by atoms with Gasteiger partial charge in [0.1, 0.15) is 5.82 Å². The highest BCUT2D eigenvalue weighted by molar-refractivity contribution is 5.36. The Hall–Kier alpha value is -2.22. The molecule has 4 rings (SSSR count). The summed E-state index contributed by atoms with van der Waals surface area (Å²) in [5.41, 5.74) is 13.0. The number of aromatic nitrogens is 2. The third kappa shape index (κ3) is 2.50. The summed E-state index contributed by atoms with van der Waals surface area (Å²) in [6.45, 7) is 1.87. The molecule has 0 spiro atoms. The Morgan fingerprint density at radius 1 is 1.25 bits per heavy atom. The molecule has 126 valence electrons. The van der Waals surface area contributed by atoms with Gasteiger partial charge in [0, 0.05) is 31.4 Å². The molecule has 0 bridgehead atoms. The smallest absolute Gasteiger partial charge is 0.354 e. The number of aliphatic hydroxyl groups is 1. The summed E-state index contributed by atoms with van der Waals surface area (Å²) in [6, 6.07) is 9.79. The van der Waals surface area contributed by atoms with Crippen molar-refractivity contribution in [3.63, 3.8) is 0 Å². The first-order valence-electron chi connectivity index (χ1n) is 8.13. The van der Waals surface area contributed by atoms with Crippen molar-refractivity contribution in [2.75, 3.05) is 18.9 Å². The molecule has 1 saturated carbocycles. The predicted octanol–water partition coefficient (Wildman–Crippen LogP) is -0.435. The van der Waals surface area contributed by atoms with E-state index in [1.807, 2.05) is 24.3 Å². The molecule has 1 aromatic carbocycles.